The molecule has 0 aliphatic heterocycles. The van der Waals surface area contributed by atoms with Crippen LogP contribution in [0, 0.1) is 11.6 Å². The van der Waals surface area contributed by atoms with E-state index in [9.17, 15) is 13.9 Å². The summed E-state index contributed by atoms with van der Waals surface area (Å²) in [6.07, 6.45) is -0.0659. The van der Waals surface area contributed by atoms with Gasteiger partial charge in [-0.25, -0.2) is 8.78 Å². The van der Waals surface area contributed by atoms with Gasteiger partial charge in [-0.2, -0.15) is 0 Å². The first kappa shape index (κ1) is 20.6. The van der Waals surface area contributed by atoms with E-state index in [4.69, 9.17) is 4.74 Å². The Morgan fingerprint density at radius 1 is 1.15 bits per heavy atom. The van der Waals surface area contributed by atoms with Crippen molar-refractivity contribution < 1.29 is 18.6 Å². The van der Waals surface area contributed by atoms with Crippen molar-refractivity contribution in [1.82, 2.24) is 10.6 Å². The number of aliphatic hydroxyl groups is 1. The average molecular weight is 377 g/mol. The van der Waals surface area contributed by atoms with Gasteiger partial charge in [0, 0.05) is 19.0 Å². The Morgan fingerprint density at radius 2 is 1.93 bits per heavy atom. The number of benzene rings is 2. The molecule has 2 rings (SSSR count). The topological polar surface area (TPSA) is 65.9 Å². The van der Waals surface area contributed by atoms with Crippen molar-refractivity contribution in [2.24, 2.45) is 4.99 Å². The van der Waals surface area contributed by atoms with Crippen molar-refractivity contribution in [1.29, 1.82) is 0 Å². The lowest BCUT2D eigenvalue weighted by molar-refractivity contribution is 0.183. The SMILES string of the molecule is CCNC(=NCC(O)Cc1ccccc1)NCCOc1ccc(F)cc1F. The average Bonchev–Trinajstić information content (AvgIpc) is 2.65. The zero-order valence-corrected chi connectivity index (χ0v) is 15.3. The third-order valence-electron chi connectivity index (χ3n) is 3.66. The van der Waals surface area contributed by atoms with E-state index in [2.05, 4.69) is 15.6 Å². The van der Waals surface area contributed by atoms with E-state index in [1.807, 2.05) is 37.3 Å². The molecule has 7 heteroatoms. The maximum Gasteiger partial charge on any atom is 0.191 e. The van der Waals surface area contributed by atoms with Crippen molar-refractivity contribution in [2.75, 3.05) is 26.2 Å². The maximum atomic E-state index is 13.5. The Labute approximate surface area is 158 Å². The number of guanidine groups is 1. The molecule has 0 radical (unpaired) electrons. The van der Waals surface area contributed by atoms with E-state index in [1.54, 1.807) is 0 Å². The molecule has 146 valence electrons. The largest absolute Gasteiger partial charge is 0.489 e. The van der Waals surface area contributed by atoms with Gasteiger partial charge in [-0.05, 0) is 24.6 Å². The van der Waals surface area contributed by atoms with Gasteiger partial charge in [0.1, 0.15) is 12.4 Å². The van der Waals surface area contributed by atoms with Crippen molar-refractivity contribution >= 4 is 5.96 Å². The summed E-state index contributed by atoms with van der Waals surface area (Å²) in [5.74, 6) is -0.848. The quantitative estimate of drug-likeness (QED) is 0.357. The first-order chi connectivity index (χ1) is 13.1. The lowest BCUT2D eigenvalue weighted by Gasteiger charge is -2.14. The number of hydrogen-bond acceptors (Lipinski definition) is 3. The molecular formula is C20H25F2N3O2. The molecule has 0 fully saturated rings. The van der Waals surface area contributed by atoms with Gasteiger partial charge < -0.3 is 20.5 Å². The molecule has 0 aliphatic rings. The van der Waals surface area contributed by atoms with Crippen LogP contribution in [0.1, 0.15) is 12.5 Å². The Balaban J connectivity index is 1.77. The van der Waals surface area contributed by atoms with Crippen molar-refractivity contribution in [3.05, 3.63) is 65.7 Å². The highest BCUT2D eigenvalue weighted by atomic mass is 19.1. The van der Waals surface area contributed by atoms with Crippen LogP contribution in [-0.4, -0.2) is 43.4 Å². The fourth-order valence-corrected chi connectivity index (χ4v) is 2.41. The van der Waals surface area contributed by atoms with Gasteiger partial charge in [0.2, 0.25) is 0 Å². The van der Waals surface area contributed by atoms with E-state index in [-0.39, 0.29) is 18.9 Å². The lowest BCUT2D eigenvalue weighted by atomic mass is 10.1. The van der Waals surface area contributed by atoms with Crippen molar-refractivity contribution in [3.8, 4) is 5.75 Å². The monoisotopic (exact) mass is 377 g/mol. The molecule has 3 N–H and O–H groups in total. The Morgan fingerprint density at radius 3 is 2.63 bits per heavy atom. The number of nitrogens with zero attached hydrogens (tertiary/aromatic N) is 1. The summed E-state index contributed by atoms with van der Waals surface area (Å²) in [6.45, 7) is 3.39. The number of aliphatic imine (C=N–C) groups is 1. The zero-order valence-electron chi connectivity index (χ0n) is 15.3. The number of aliphatic hydroxyl groups excluding tert-OH is 1. The molecule has 0 saturated heterocycles. The molecule has 0 heterocycles. The first-order valence-electron chi connectivity index (χ1n) is 8.90. The molecule has 0 bridgehead atoms. The van der Waals surface area contributed by atoms with Crippen LogP contribution in [0.2, 0.25) is 0 Å². The lowest BCUT2D eigenvalue weighted by Crippen LogP contribution is -2.40. The highest BCUT2D eigenvalue weighted by Gasteiger charge is 2.07. The van der Waals surface area contributed by atoms with Crippen LogP contribution in [0.25, 0.3) is 0 Å². The molecule has 5 nitrogen and oxygen atoms in total. The number of nitrogens with one attached hydrogen (secondary N) is 2. The number of rotatable bonds is 9. The molecule has 0 amide bonds. The second-order valence-corrected chi connectivity index (χ2v) is 5.91. The molecule has 0 spiro atoms. The molecule has 2 aromatic rings. The van der Waals surface area contributed by atoms with E-state index >= 15 is 0 Å². The molecule has 0 saturated carbocycles. The van der Waals surface area contributed by atoms with Crippen LogP contribution in [0.3, 0.4) is 0 Å². The summed E-state index contributed by atoms with van der Waals surface area (Å²) in [5.41, 5.74) is 1.05. The normalized spacial score (nSPS) is 12.5. The zero-order chi connectivity index (χ0) is 19.5. The van der Waals surface area contributed by atoms with Gasteiger partial charge in [0.25, 0.3) is 0 Å². The van der Waals surface area contributed by atoms with Gasteiger partial charge in [-0.3, -0.25) is 4.99 Å². The van der Waals surface area contributed by atoms with Gasteiger partial charge >= 0.3 is 0 Å². The van der Waals surface area contributed by atoms with Gasteiger partial charge in [-0.15, -0.1) is 0 Å². The van der Waals surface area contributed by atoms with Gasteiger partial charge in [0.15, 0.2) is 17.5 Å². The van der Waals surface area contributed by atoms with Gasteiger partial charge in [0.05, 0.1) is 19.2 Å². The third kappa shape index (κ3) is 7.62. The van der Waals surface area contributed by atoms with E-state index < -0.39 is 17.7 Å². The number of ether oxygens (including phenoxy) is 1. The van der Waals surface area contributed by atoms with E-state index in [0.717, 1.165) is 17.7 Å². The van der Waals surface area contributed by atoms with Crippen LogP contribution >= 0.6 is 0 Å². The van der Waals surface area contributed by atoms with E-state index in [0.29, 0.717) is 25.5 Å². The number of halogens is 2. The Bertz CT molecular complexity index is 726. The van der Waals surface area contributed by atoms with Crippen molar-refractivity contribution in [3.63, 3.8) is 0 Å². The maximum absolute atomic E-state index is 13.5. The molecular weight excluding hydrogens is 352 g/mol. The molecule has 0 aromatic heterocycles. The predicted molar refractivity (Wildman–Crippen MR) is 102 cm³/mol. The van der Waals surface area contributed by atoms with Crippen LogP contribution < -0.4 is 15.4 Å². The second kappa shape index (κ2) is 11.1. The molecule has 1 atom stereocenters. The minimum absolute atomic E-state index is 0.00146. The van der Waals surface area contributed by atoms with E-state index in [1.165, 1.54) is 6.07 Å². The minimum Gasteiger partial charge on any atom is -0.489 e. The fourth-order valence-electron chi connectivity index (χ4n) is 2.41. The third-order valence-corrected chi connectivity index (χ3v) is 3.66. The molecule has 27 heavy (non-hydrogen) atoms. The predicted octanol–water partition coefficient (Wildman–Crippen LogP) is 2.50. The Kier molecular flexibility index (Phi) is 8.51. The van der Waals surface area contributed by atoms with Crippen LogP contribution in [-0.2, 0) is 6.42 Å². The summed E-state index contributed by atoms with van der Waals surface area (Å²) in [7, 11) is 0. The molecule has 2 aromatic carbocycles. The highest BCUT2D eigenvalue weighted by molar-refractivity contribution is 5.79. The van der Waals surface area contributed by atoms with Crippen LogP contribution in [0.15, 0.2) is 53.5 Å². The molecule has 1 unspecified atom stereocenters. The minimum atomic E-state index is -0.736. The molecule has 0 aliphatic carbocycles. The van der Waals surface area contributed by atoms with Crippen LogP contribution in [0.5, 0.6) is 5.75 Å². The first-order valence-corrected chi connectivity index (χ1v) is 8.90. The summed E-state index contributed by atoms with van der Waals surface area (Å²) < 4.78 is 31.6. The number of hydrogen-bond donors (Lipinski definition) is 3. The standard InChI is InChI=1S/C20H25F2N3O2/c1-2-23-20(25-14-17(26)12-15-6-4-3-5-7-15)24-10-11-27-19-9-8-16(21)13-18(19)22/h3-9,13,17,26H,2,10-12,14H2,1H3,(H2,23,24,25). The summed E-state index contributed by atoms with van der Waals surface area (Å²) in [5, 5.41) is 16.2. The fraction of sp³-hybridized carbons (Fsp3) is 0.350. The highest BCUT2D eigenvalue weighted by Crippen LogP contribution is 2.17. The van der Waals surface area contributed by atoms with Gasteiger partial charge in [-0.1, -0.05) is 30.3 Å². The second-order valence-electron chi connectivity index (χ2n) is 5.91. The summed E-state index contributed by atoms with van der Waals surface area (Å²) in [6, 6.07) is 12.9. The summed E-state index contributed by atoms with van der Waals surface area (Å²) in [4.78, 5) is 4.35. The Hall–Kier alpha value is -2.67. The van der Waals surface area contributed by atoms with Crippen LogP contribution in [0.4, 0.5) is 8.78 Å². The summed E-state index contributed by atoms with van der Waals surface area (Å²) >= 11 is 0. The van der Waals surface area contributed by atoms with Crippen molar-refractivity contribution in [2.45, 2.75) is 19.4 Å². The smallest absolute Gasteiger partial charge is 0.191 e.